The van der Waals surface area contributed by atoms with Crippen molar-refractivity contribution in [1.82, 2.24) is 9.97 Å². The summed E-state index contributed by atoms with van der Waals surface area (Å²) < 4.78 is 6.29. The Morgan fingerprint density at radius 3 is 2.36 bits per heavy atom. The zero-order valence-corrected chi connectivity index (χ0v) is 15.3. The second-order valence-corrected chi connectivity index (χ2v) is 7.12. The highest BCUT2D eigenvalue weighted by Crippen LogP contribution is 2.37. The molecule has 3 heteroatoms. The quantitative estimate of drug-likeness (QED) is 0.329. The molecule has 4 aromatic carbocycles. The van der Waals surface area contributed by atoms with Gasteiger partial charge in [-0.1, -0.05) is 66.7 Å². The van der Waals surface area contributed by atoms with Crippen LogP contribution in [0.4, 0.5) is 0 Å². The molecule has 28 heavy (non-hydrogen) atoms. The van der Waals surface area contributed by atoms with Crippen LogP contribution in [0.3, 0.4) is 0 Å². The first-order chi connectivity index (χ1) is 13.8. The zero-order chi connectivity index (χ0) is 18.7. The van der Waals surface area contributed by atoms with E-state index in [-0.39, 0.29) is 0 Å². The second kappa shape index (κ2) is 5.64. The number of hydrogen-bond donors (Lipinski definition) is 0. The van der Waals surface area contributed by atoms with Gasteiger partial charge in [-0.15, -0.1) is 0 Å². The van der Waals surface area contributed by atoms with Gasteiger partial charge in [0, 0.05) is 5.56 Å². The standard InChI is InChI=1S/C25H16N2O/c1-15-26-23(19-11-10-16-6-2-3-8-18(16)14-19)25-24(27-15)22-20-9-5-4-7-17(20)12-13-21(22)28-25/h2-14H,1H3. The van der Waals surface area contributed by atoms with E-state index in [9.17, 15) is 0 Å². The minimum absolute atomic E-state index is 0.742. The Labute approximate surface area is 161 Å². The van der Waals surface area contributed by atoms with Crippen LogP contribution in [-0.2, 0) is 0 Å². The fourth-order valence-corrected chi connectivity index (χ4v) is 4.05. The topological polar surface area (TPSA) is 38.9 Å². The number of aromatic nitrogens is 2. The molecule has 0 saturated heterocycles. The Hall–Kier alpha value is -3.72. The first-order valence-corrected chi connectivity index (χ1v) is 9.36. The van der Waals surface area contributed by atoms with Crippen molar-refractivity contribution < 1.29 is 4.42 Å². The molecule has 0 saturated carbocycles. The first kappa shape index (κ1) is 15.3. The molecule has 6 aromatic rings. The van der Waals surface area contributed by atoms with E-state index in [0.717, 1.165) is 44.5 Å². The van der Waals surface area contributed by atoms with E-state index in [1.54, 1.807) is 0 Å². The van der Waals surface area contributed by atoms with Crippen LogP contribution >= 0.6 is 0 Å². The van der Waals surface area contributed by atoms with E-state index >= 15 is 0 Å². The normalized spacial score (nSPS) is 11.8. The Bertz CT molecular complexity index is 1530. The maximum Gasteiger partial charge on any atom is 0.180 e. The average Bonchev–Trinajstić information content (AvgIpc) is 3.11. The van der Waals surface area contributed by atoms with Crippen LogP contribution in [-0.4, -0.2) is 9.97 Å². The number of hydrogen-bond acceptors (Lipinski definition) is 3. The molecule has 3 nitrogen and oxygen atoms in total. The number of benzene rings is 4. The van der Waals surface area contributed by atoms with Crippen molar-refractivity contribution in [3.63, 3.8) is 0 Å². The third-order valence-electron chi connectivity index (χ3n) is 5.34. The third kappa shape index (κ3) is 2.16. The van der Waals surface area contributed by atoms with Crippen LogP contribution in [0.2, 0.25) is 0 Å². The van der Waals surface area contributed by atoms with Crippen LogP contribution in [0, 0.1) is 6.92 Å². The molecule has 6 rings (SSSR count). The largest absolute Gasteiger partial charge is 0.452 e. The van der Waals surface area contributed by atoms with Crippen LogP contribution in [0.1, 0.15) is 5.82 Å². The summed E-state index contributed by atoms with van der Waals surface area (Å²) >= 11 is 0. The summed E-state index contributed by atoms with van der Waals surface area (Å²) in [4.78, 5) is 9.51. The maximum absolute atomic E-state index is 6.29. The SMILES string of the molecule is Cc1nc(-c2ccc3ccccc3c2)c2oc3ccc4ccccc4c3c2n1. The van der Waals surface area contributed by atoms with E-state index < -0.39 is 0 Å². The van der Waals surface area contributed by atoms with Gasteiger partial charge in [0.2, 0.25) is 0 Å². The molecule has 0 amide bonds. The van der Waals surface area contributed by atoms with Crippen molar-refractivity contribution in [2.45, 2.75) is 6.92 Å². The van der Waals surface area contributed by atoms with Gasteiger partial charge in [0.25, 0.3) is 0 Å². The smallest absolute Gasteiger partial charge is 0.180 e. The Kier molecular flexibility index (Phi) is 3.09. The molecule has 0 atom stereocenters. The van der Waals surface area contributed by atoms with E-state index in [1.165, 1.54) is 16.2 Å². The molecule has 0 aliphatic heterocycles. The van der Waals surface area contributed by atoms with Gasteiger partial charge in [0.1, 0.15) is 22.6 Å². The maximum atomic E-state index is 6.29. The van der Waals surface area contributed by atoms with Gasteiger partial charge >= 0.3 is 0 Å². The lowest BCUT2D eigenvalue weighted by molar-refractivity contribution is 0.667. The molecule has 0 fully saturated rings. The molecular formula is C25H16N2O. The average molecular weight is 360 g/mol. The van der Waals surface area contributed by atoms with E-state index in [4.69, 9.17) is 14.4 Å². The van der Waals surface area contributed by atoms with Gasteiger partial charge in [-0.3, -0.25) is 0 Å². The van der Waals surface area contributed by atoms with E-state index in [1.807, 2.05) is 13.0 Å². The number of aryl methyl sites for hydroxylation is 1. The number of rotatable bonds is 1. The van der Waals surface area contributed by atoms with Crippen LogP contribution in [0.25, 0.3) is 54.9 Å². The molecule has 2 aromatic heterocycles. The lowest BCUT2D eigenvalue weighted by atomic mass is 10.0. The highest BCUT2D eigenvalue weighted by atomic mass is 16.3. The lowest BCUT2D eigenvalue weighted by Crippen LogP contribution is -1.92. The summed E-state index contributed by atoms with van der Waals surface area (Å²) in [5.74, 6) is 0.742. The Morgan fingerprint density at radius 2 is 1.46 bits per heavy atom. The highest BCUT2D eigenvalue weighted by Gasteiger charge is 2.18. The molecule has 0 aliphatic carbocycles. The predicted molar refractivity (Wildman–Crippen MR) is 114 cm³/mol. The minimum atomic E-state index is 0.742. The van der Waals surface area contributed by atoms with Crippen molar-refractivity contribution in [2.24, 2.45) is 0 Å². The Balaban J connectivity index is 1.74. The first-order valence-electron chi connectivity index (χ1n) is 9.36. The Morgan fingerprint density at radius 1 is 0.714 bits per heavy atom. The van der Waals surface area contributed by atoms with Gasteiger partial charge in [-0.2, -0.15) is 0 Å². The molecular weight excluding hydrogens is 344 g/mol. The van der Waals surface area contributed by atoms with Crippen LogP contribution in [0.5, 0.6) is 0 Å². The van der Waals surface area contributed by atoms with Gasteiger partial charge in [0.05, 0.1) is 5.39 Å². The summed E-state index contributed by atoms with van der Waals surface area (Å²) in [6.07, 6.45) is 0. The van der Waals surface area contributed by atoms with Gasteiger partial charge in [-0.25, -0.2) is 9.97 Å². The minimum Gasteiger partial charge on any atom is -0.452 e. The highest BCUT2D eigenvalue weighted by molar-refractivity contribution is 6.19. The van der Waals surface area contributed by atoms with E-state index in [2.05, 4.69) is 72.8 Å². The van der Waals surface area contributed by atoms with Gasteiger partial charge in [0.15, 0.2) is 5.58 Å². The molecule has 0 N–H and O–H groups in total. The summed E-state index contributed by atoms with van der Waals surface area (Å²) in [7, 11) is 0. The summed E-state index contributed by atoms with van der Waals surface area (Å²) in [5, 5.41) is 5.79. The summed E-state index contributed by atoms with van der Waals surface area (Å²) in [6.45, 7) is 1.94. The molecule has 0 radical (unpaired) electrons. The molecule has 0 aliphatic rings. The van der Waals surface area contributed by atoms with Gasteiger partial charge in [-0.05, 0) is 40.6 Å². The molecule has 132 valence electrons. The number of nitrogens with zero attached hydrogens (tertiary/aromatic N) is 2. The third-order valence-corrected chi connectivity index (χ3v) is 5.34. The molecule has 0 unspecified atom stereocenters. The van der Waals surface area contributed by atoms with Crippen molar-refractivity contribution in [3.8, 4) is 11.3 Å². The monoisotopic (exact) mass is 360 g/mol. The molecule has 0 bridgehead atoms. The number of furan rings is 1. The van der Waals surface area contributed by atoms with Crippen LogP contribution < -0.4 is 0 Å². The summed E-state index contributed by atoms with van der Waals surface area (Å²) in [6, 6.07) is 27.2. The van der Waals surface area contributed by atoms with Crippen molar-refractivity contribution >= 4 is 43.6 Å². The fraction of sp³-hybridized carbons (Fsp3) is 0.0400. The van der Waals surface area contributed by atoms with Crippen LogP contribution in [0.15, 0.2) is 83.3 Å². The molecule has 2 heterocycles. The number of fused-ring (bicyclic) bond motifs is 6. The van der Waals surface area contributed by atoms with Crippen molar-refractivity contribution in [3.05, 3.63) is 84.7 Å². The molecule has 0 spiro atoms. The fourth-order valence-electron chi connectivity index (χ4n) is 4.05. The lowest BCUT2D eigenvalue weighted by Gasteiger charge is -2.05. The second-order valence-electron chi connectivity index (χ2n) is 7.12. The van der Waals surface area contributed by atoms with Crippen molar-refractivity contribution in [1.29, 1.82) is 0 Å². The zero-order valence-electron chi connectivity index (χ0n) is 15.3. The van der Waals surface area contributed by atoms with Crippen molar-refractivity contribution in [2.75, 3.05) is 0 Å². The van der Waals surface area contributed by atoms with E-state index in [0.29, 0.717) is 0 Å². The van der Waals surface area contributed by atoms with Gasteiger partial charge < -0.3 is 4.42 Å². The predicted octanol–water partition coefficient (Wildman–Crippen LogP) is 6.66. The summed E-state index contributed by atoms with van der Waals surface area (Å²) in [5.41, 5.74) is 4.34.